The molecular weight excluding hydrogens is 366 g/mol. The van der Waals surface area contributed by atoms with Gasteiger partial charge in [-0.1, -0.05) is 23.7 Å². The van der Waals surface area contributed by atoms with Gasteiger partial charge in [0.2, 0.25) is 0 Å². The zero-order valence-electron chi connectivity index (χ0n) is 15.4. The van der Waals surface area contributed by atoms with Gasteiger partial charge in [0.05, 0.1) is 5.52 Å². The fourth-order valence-corrected chi connectivity index (χ4v) is 3.52. The molecule has 1 aromatic heterocycles. The monoisotopic (exact) mass is 385 g/mol. The zero-order valence-corrected chi connectivity index (χ0v) is 16.1. The topological polar surface area (TPSA) is 68.5 Å². The molecule has 0 saturated heterocycles. The second-order valence-corrected chi connectivity index (χ2v) is 7.05. The SMILES string of the molecule is Cc1cc(OCC(=O)O)c2c(C)c(Cc3cccc(Cl)c3)c(=O)n(C)c2c1. The van der Waals surface area contributed by atoms with Crippen LogP contribution >= 0.6 is 11.6 Å². The van der Waals surface area contributed by atoms with E-state index in [4.69, 9.17) is 21.4 Å². The average molecular weight is 386 g/mol. The van der Waals surface area contributed by atoms with Gasteiger partial charge in [0.1, 0.15) is 5.75 Å². The normalized spacial score (nSPS) is 11.0. The van der Waals surface area contributed by atoms with Crippen molar-refractivity contribution in [3.8, 4) is 5.75 Å². The van der Waals surface area contributed by atoms with Crippen LogP contribution in [0.4, 0.5) is 0 Å². The van der Waals surface area contributed by atoms with Crippen molar-refractivity contribution in [3.63, 3.8) is 0 Å². The van der Waals surface area contributed by atoms with Crippen LogP contribution in [0.3, 0.4) is 0 Å². The maximum absolute atomic E-state index is 13.0. The summed E-state index contributed by atoms with van der Waals surface area (Å²) in [5.74, 6) is -0.584. The Hall–Kier alpha value is -2.79. The molecule has 3 rings (SSSR count). The molecule has 0 saturated carbocycles. The molecule has 0 aliphatic rings. The summed E-state index contributed by atoms with van der Waals surface area (Å²) >= 11 is 6.07. The fourth-order valence-electron chi connectivity index (χ4n) is 3.31. The zero-order chi connectivity index (χ0) is 19.7. The number of carbonyl (C=O) groups is 1. The van der Waals surface area contributed by atoms with Gasteiger partial charge in [0.15, 0.2) is 6.61 Å². The lowest BCUT2D eigenvalue weighted by molar-refractivity contribution is -0.139. The number of nitrogens with zero attached hydrogens (tertiary/aromatic N) is 1. The summed E-state index contributed by atoms with van der Waals surface area (Å²) in [7, 11) is 1.71. The van der Waals surface area contributed by atoms with Crippen molar-refractivity contribution in [3.05, 3.63) is 74.0 Å². The molecule has 5 nitrogen and oxygen atoms in total. The van der Waals surface area contributed by atoms with Crippen LogP contribution in [0, 0.1) is 13.8 Å². The Labute approximate surface area is 161 Å². The highest BCUT2D eigenvalue weighted by atomic mass is 35.5. The molecule has 140 valence electrons. The van der Waals surface area contributed by atoms with Crippen LogP contribution in [0.15, 0.2) is 41.2 Å². The lowest BCUT2D eigenvalue weighted by atomic mass is 9.97. The molecule has 0 aliphatic carbocycles. The van der Waals surface area contributed by atoms with Crippen molar-refractivity contribution in [1.29, 1.82) is 0 Å². The van der Waals surface area contributed by atoms with Crippen LogP contribution in [0.25, 0.3) is 10.9 Å². The van der Waals surface area contributed by atoms with Gasteiger partial charge in [-0.15, -0.1) is 0 Å². The molecule has 2 aromatic carbocycles. The average Bonchev–Trinajstić information content (AvgIpc) is 2.61. The molecule has 0 spiro atoms. The Balaban J connectivity index is 2.23. The molecule has 0 amide bonds. The number of hydrogen-bond donors (Lipinski definition) is 1. The number of carboxylic acids is 1. The van der Waals surface area contributed by atoms with E-state index in [0.29, 0.717) is 28.3 Å². The van der Waals surface area contributed by atoms with Gasteiger partial charge in [0, 0.05) is 29.4 Å². The summed E-state index contributed by atoms with van der Waals surface area (Å²) in [6.45, 7) is 3.31. The molecule has 0 fully saturated rings. The Morgan fingerprint density at radius 2 is 1.96 bits per heavy atom. The Morgan fingerprint density at radius 3 is 2.63 bits per heavy atom. The van der Waals surface area contributed by atoms with Crippen molar-refractivity contribution in [2.75, 3.05) is 6.61 Å². The van der Waals surface area contributed by atoms with E-state index in [1.54, 1.807) is 23.7 Å². The van der Waals surface area contributed by atoms with E-state index in [1.807, 2.05) is 38.1 Å². The van der Waals surface area contributed by atoms with E-state index >= 15 is 0 Å². The molecule has 1 heterocycles. The van der Waals surface area contributed by atoms with Gasteiger partial charge in [-0.3, -0.25) is 4.79 Å². The number of aryl methyl sites for hydroxylation is 3. The van der Waals surface area contributed by atoms with Crippen molar-refractivity contribution in [2.24, 2.45) is 7.05 Å². The Morgan fingerprint density at radius 1 is 1.22 bits per heavy atom. The summed E-state index contributed by atoms with van der Waals surface area (Å²) in [6.07, 6.45) is 0.432. The summed E-state index contributed by atoms with van der Waals surface area (Å²) in [5, 5.41) is 10.3. The quantitative estimate of drug-likeness (QED) is 0.724. The third-order valence-corrected chi connectivity index (χ3v) is 4.83. The number of aromatic nitrogens is 1. The number of rotatable bonds is 5. The lowest BCUT2D eigenvalue weighted by Crippen LogP contribution is -2.24. The number of hydrogen-bond acceptors (Lipinski definition) is 3. The summed E-state index contributed by atoms with van der Waals surface area (Å²) in [6, 6.07) is 11.1. The largest absolute Gasteiger partial charge is 0.481 e. The molecule has 1 N–H and O–H groups in total. The number of fused-ring (bicyclic) bond motifs is 1. The summed E-state index contributed by atoms with van der Waals surface area (Å²) < 4.78 is 7.11. The van der Waals surface area contributed by atoms with Crippen LogP contribution < -0.4 is 10.3 Å². The van der Waals surface area contributed by atoms with E-state index in [9.17, 15) is 9.59 Å². The highest BCUT2D eigenvalue weighted by Crippen LogP contribution is 2.31. The van der Waals surface area contributed by atoms with Crippen LogP contribution in [0.2, 0.25) is 5.02 Å². The molecule has 3 aromatic rings. The molecule has 0 aliphatic heterocycles. The van der Waals surface area contributed by atoms with Gasteiger partial charge < -0.3 is 14.4 Å². The second-order valence-electron chi connectivity index (χ2n) is 6.61. The third kappa shape index (κ3) is 3.83. The first-order valence-electron chi connectivity index (χ1n) is 8.49. The van der Waals surface area contributed by atoms with E-state index in [1.165, 1.54) is 0 Å². The van der Waals surface area contributed by atoms with Gasteiger partial charge in [-0.05, 0) is 54.8 Å². The minimum Gasteiger partial charge on any atom is -0.481 e. The van der Waals surface area contributed by atoms with Crippen LogP contribution in [-0.2, 0) is 18.3 Å². The number of benzene rings is 2. The number of halogens is 1. The van der Waals surface area contributed by atoms with Gasteiger partial charge in [-0.25, -0.2) is 4.79 Å². The van der Waals surface area contributed by atoms with Crippen molar-refractivity contribution in [1.82, 2.24) is 4.57 Å². The van der Waals surface area contributed by atoms with Crippen LogP contribution in [0.5, 0.6) is 5.75 Å². The highest BCUT2D eigenvalue weighted by Gasteiger charge is 2.17. The van der Waals surface area contributed by atoms with Crippen molar-refractivity contribution >= 4 is 28.5 Å². The van der Waals surface area contributed by atoms with Crippen molar-refractivity contribution in [2.45, 2.75) is 20.3 Å². The first-order chi connectivity index (χ1) is 12.8. The summed E-state index contributed by atoms with van der Waals surface area (Å²) in [4.78, 5) is 23.9. The molecule has 27 heavy (non-hydrogen) atoms. The molecular formula is C21H20ClNO4. The second kappa shape index (κ2) is 7.45. The third-order valence-electron chi connectivity index (χ3n) is 4.60. The van der Waals surface area contributed by atoms with Gasteiger partial charge in [0.25, 0.3) is 5.56 Å². The molecule has 6 heteroatoms. The maximum Gasteiger partial charge on any atom is 0.341 e. The number of pyridine rings is 1. The van der Waals surface area contributed by atoms with E-state index < -0.39 is 12.6 Å². The predicted molar refractivity (Wildman–Crippen MR) is 106 cm³/mol. The smallest absolute Gasteiger partial charge is 0.341 e. The standard InChI is InChI=1S/C21H20ClNO4/c1-12-7-17-20(18(8-12)27-11-19(24)25)13(2)16(21(26)23(17)3)10-14-5-4-6-15(22)9-14/h4-9H,10-11H2,1-3H3,(H,24,25). The predicted octanol–water partition coefficient (Wildman–Crippen LogP) is 3.86. The van der Waals surface area contributed by atoms with Gasteiger partial charge in [-0.2, -0.15) is 0 Å². The Bertz CT molecular complexity index is 1100. The van der Waals surface area contributed by atoms with E-state index in [0.717, 1.165) is 22.1 Å². The van der Waals surface area contributed by atoms with Crippen LogP contribution in [-0.4, -0.2) is 22.2 Å². The lowest BCUT2D eigenvalue weighted by Gasteiger charge is -2.17. The van der Waals surface area contributed by atoms with E-state index in [-0.39, 0.29) is 5.56 Å². The first kappa shape index (κ1) is 19.0. The number of aliphatic carboxylic acids is 1. The molecule has 0 bridgehead atoms. The first-order valence-corrected chi connectivity index (χ1v) is 8.87. The molecule has 0 atom stereocenters. The van der Waals surface area contributed by atoms with Crippen molar-refractivity contribution < 1.29 is 14.6 Å². The maximum atomic E-state index is 13.0. The Kier molecular flexibility index (Phi) is 5.24. The minimum absolute atomic E-state index is 0.0882. The highest BCUT2D eigenvalue weighted by molar-refractivity contribution is 6.30. The fraction of sp³-hybridized carbons (Fsp3) is 0.238. The van der Waals surface area contributed by atoms with E-state index in [2.05, 4.69) is 0 Å². The molecule has 0 unspecified atom stereocenters. The number of ether oxygens (including phenoxy) is 1. The van der Waals surface area contributed by atoms with Gasteiger partial charge >= 0.3 is 5.97 Å². The summed E-state index contributed by atoms with van der Waals surface area (Å²) in [5.41, 5.74) is 3.87. The minimum atomic E-state index is -1.05. The van der Waals surface area contributed by atoms with Crippen LogP contribution in [0.1, 0.15) is 22.3 Å². The number of carboxylic acid groups (broad SMARTS) is 1. The molecule has 0 radical (unpaired) electrons.